The van der Waals surface area contributed by atoms with Gasteiger partial charge in [0, 0.05) is 17.1 Å². The number of likely N-dealkylation sites (N-methyl/N-ethyl adjacent to an activating group) is 1. The monoisotopic (exact) mass is 452 g/mol. The van der Waals surface area contributed by atoms with Gasteiger partial charge in [-0.15, -0.1) is 12.4 Å². The summed E-state index contributed by atoms with van der Waals surface area (Å²) in [4.78, 5) is 2.05. The maximum Gasteiger partial charge on any atom is 0.242 e. The van der Waals surface area contributed by atoms with Crippen molar-refractivity contribution in [2.75, 3.05) is 20.6 Å². The number of halogens is 3. The number of hydrogen-bond donors (Lipinski definition) is 1. The van der Waals surface area contributed by atoms with E-state index in [1.54, 1.807) is 12.1 Å². The number of rotatable bonds is 6. The lowest BCUT2D eigenvalue weighted by Crippen LogP contribution is -2.34. The molecule has 0 aromatic heterocycles. The maximum absolute atomic E-state index is 12.5. The van der Waals surface area contributed by atoms with Crippen LogP contribution in [-0.2, 0) is 10.0 Å². The predicted octanol–water partition coefficient (Wildman–Crippen LogP) is 4.11. The van der Waals surface area contributed by atoms with Crippen molar-refractivity contribution in [3.8, 4) is 0 Å². The quantitative estimate of drug-likeness (QED) is 0.715. The van der Waals surface area contributed by atoms with Crippen molar-refractivity contribution in [2.24, 2.45) is 0 Å². The van der Waals surface area contributed by atoms with Crippen LogP contribution in [0.1, 0.15) is 11.6 Å². The molecule has 0 saturated carbocycles. The van der Waals surface area contributed by atoms with Gasteiger partial charge in [-0.1, -0.05) is 57.9 Å². The minimum absolute atomic E-state index is 0. The molecule has 0 fully saturated rings. The van der Waals surface area contributed by atoms with Gasteiger partial charge in [0.25, 0.3) is 0 Å². The summed E-state index contributed by atoms with van der Waals surface area (Å²) >= 11 is 9.32. The molecule has 1 N–H and O–H groups in total. The summed E-state index contributed by atoms with van der Waals surface area (Å²) < 4.78 is 28.4. The zero-order valence-electron chi connectivity index (χ0n) is 13.2. The largest absolute Gasteiger partial charge is 0.301 e. The maximum atomic E-state index is 12.5. The number of nitrogens with one attached hydrogen (secondary N) is 1. The van der Waals surface area contributed by atoms with Crippen LogP contribution in [-0.4, -0.2) is 34.0 Å². The van der Waals surface area contributed by atoms with Crippen LogP contribution >= 0.6 is 39.9 Å². The zero-order valence-corrected chi connectivity index (χ0v) is 17.2. The van der Waals surface area contributed by atoms with E-state index in [0.717, 1.165) is 10.0 Å². The molecule has 0 spiro atoms. The highest BCUT2D eigenvalue weighted by Gasteiger charge is 2.21. The lowest BCUT2D eigenvalue weighted by Gasteiger charge is -2.25. The summed E-state index contributed by atoms with van der Waals surface area (Å²) in [5.74, 6) is 0. The second-order valence-electron chi connectivity index (χ2n) is 5.32. The summed E-state index contributed by atoms with van der Waals surface area (Å²) in [5, 5.41) is 0.188. The molecule has 0 amide bonds. The van der Waals surface area contributed by atoms with Gasteiger partial charge in [-0.05, 0) is 37.9 Å². The molecule has 132 valence electrons. The van der Waals surface area contributed by atoms with Crippen molar-refractivity contribution in [3.63, 3.8) is 0 Å². The molecule has 1 unspecified atom stereocenters. The van der Waals surface area contributed by atoms with E-state index in [-0.39, 0.29) is 34.9 Å². The molecule has 2 aromatic rings. The van der Waals surface area contributed by atoms with Gasteiger partial charge in [-0.25, -0.2) is 13.1 Å². The number of nitrogens with zero attached hydrogens (tertiary/aromatic N) is 1. The van der Waals surface area contributed by atoms with Crippen molar-refractivity contribution in [3.05, 3.63) is 63.6 Å². The Kier molecular flexibility index (Phi) is 8.19. The highest BCUT2D eigenvalue weighted by molar-refractivity contribution is 9.10. The van der Waals surface area contributed by atoms with Crippen molar-refractivity contribution in [1.82, 2.24) is 9.62 Å². The average molecular weight is 454 g/mol. The van der Waals surface area contributed by atoms with Crippen molar-refractivity contribution < 1.29 is 8.42 Å². The summed E-state index contributed by atoms with van der Waals surface area (Å²) in [6.45, 7) is 0.256. The van der Waals surface area contributed by atoms with E-state index in [0.29, 0.717) is 0 Å². The average Bonchev–Trinajstić information content (AvgIpc) is 2.47. The van der Waals surface area contributed by atoms with Crippen LogP contribution in [0.3, 0.4) is 0 Å². The highest BCUT2D eigenvalue weighted by Crippen LogP contribution is 2.25. The summed E-state index contributed by atoms with van der Waals surface area (Å²) in [7, 11) is 0.157. The molecule has 0 aliphatic heterocycles. The van der Waals surface area contributed by atoms with Crippen molar-refractivity contribution >= 4 is 50.0 Å². The Morgan fingerprint density at radius 3 is 2.33 bits per heavy atom. The fourth-order valence-corrected chi connectivity index (χ4v) is 4.31. The van der Waals surface area contributed by atoms with Gasteiger partial charge in [0.1, 0.15) is 4.90 Å². The fraction of sp³-hybridized carbons (Fsp3) is 0.250. The third-order valence-electron chi connectivity index (χ3n) is 3.46. The van der Waals surface area contributed by atoms with E-state index in [1.807, 2.05) is 49.3 Å². The van der Waals surface area contributed by atoms with Crippen LogP contribution in [0.25, 0.3) is 0 Å². The Bertz CT molecular complexity index is 771. The Hall–Kier alpha value is -0.630. The molecular formula is C16H19BrCl2N2O2S. The molecule has 0 heterocycles. The van der Waals surface area contributed by atoms with E-state index in [1.165, 1.54) is 6.07 Å². The standard InChI is InChI=1S/C16H18BrClN2O2S.ClH/c1-20(2)15(12-6-4-3-5-7-12)11-19-23(21,22)16-9-8-13(17)10-14(16)18;/h3-10,15,19H,11H2,1-2H3;1H. The Morgan fingerprint density at radius 1 is 1.17 bits per heavy atom. The molecule has 0 saturated heterocycles. The molecule has 0 bridgehead atoms. The van der Waals surface area contributed by atoms with E-state index in [2.05, 4.69) is 20.7 Å². The number of sulfonamides is 1. The highest BCUT2D eigenvalue weighted by atomic mass is 79.9. The molecule has 1 atom stereocenters. The van der Waals surface area contributed by atoms with Gasteiger partial charge in [0.15, 0.2) is 0 Å². The van der Waals surface area contributed by atoms with Gasteiger partial charge in [0.05, 0.1) is 5.02 Å². The van der Waals surface area contributed by atoms with Crippen LogP contribution in [0.15, 0.2) is 57.9 Å². The fourth-order valence-electron chi connectivity index (χ4n) is 2.23. The zero-order chi connectivity index (χ0) is 17.0. The molecule has 24 heavy (non-hydrogen) atoms. The van der Waals surface area contributed by atoms with Crippen LogP contribution in [0, 0.1) is 0 Å². The molecule has 0 radical (unpaired) electrons. The van der Waals surface area contributed by atoms with Crippen LogP contribution in [0.5, 0.6) is 0 Å². The van der Waals surface area contributed by atoms with Crippen LogP contribution in [0.2, 0.25) is 5.02 Å². The lowest BCUT2D eigenvalue weighted by atomic mass is 10.1. The summed E-state index contributed by atoms with van der Waals surface area (Å²) in [5.41, 5.74) is 1.04. The Labute approximate surface area is 162 Å². The smallest absolute Gasteiger partial charge is 0.242 e. The SMILES string of the molecule is CN(C)C(CNS(=O)(=O)c1ccc(Br)cc1Cl)c1ccccc1.Cl. The van der Waals surface area contributed by atoms with Gasteiger partial charge >= 0.3 is 0 Å². The molecule has 4 nitrogen and oxygen atoms in total. The molecule has 2 rings (SSSR count). The normalized spacial score (nSPS) is 12.7. The minimum atomic E-state index is -3.67. The second-order valence-corrected chi connectivity index (χ2v) is 8.37. The minimum Gasteiger partial charge on any atom is -0.301 e. The Morgan fingerprint density at radius 2 is 1.79 bits per heavy atom. The lowest BCUT2D eigenvalue weighted by molar-refractivity contribution is 0.299. The third kappa shape index (κ3) is 5.44. The topological polar surface area (TPSA) is 49.4 Å². The predicted molar refractivity (Wildman–Crippen MR) is 104 cm³/mol. The molecule has 0 aliphatic carbocycles. The van der Waals surface area contributed by atoms with Crippen LogP contribution < -0.4 is 4.72 Å². The first-order valence-electron chi connectivity index (χ1n) is 6.97. The van der Waals surface area contributed by atoms with Crippen molar-refractivity contribution in [1.29, 1.82) is 0 Å². The van der Waals surface area contributed by atoms with E-state index in [4.69, 9.17) is 11.6 Å². The molecular weight excluding hydrogens is 435 g/mol. The number of benzene rings is 2. The second kappa shape index (κ2) is 9.17. The van der Waals surface area contributed by atoms with E-state index >= 15 is 0 Å². The first-order valence-corrected chi connectivity index (χ1v) is 9.63. The van der Waals surface area contributed by atoms with Crippen LogP contribution in [0.4, 0.5) is 0 Å². The van der Waals surface area contributed by atoms with Gasteiger partial charge in [-0.3, -0.25) is 0 Å². The van der Waals surface area contributed by atoms with Gasteiger partial charge in [0.2, 0.25) is 10.0 Å². The first-order chi connectivity index (χ1) is 10.8. The molecule has 2 aromatic carbocycles. The molecule has 0 aliphatic rings. The summed E-state index contributed by atoms with van der Waals surface area (Å²) in [6.07, 6.45) is 0. The molecule has 8 heteroatoms. The van der Waals surface area contributed by atoms with E-state index in [9.17, 15) is 8.42 Å². The number of hydrogen-bond acceptors (Lipinski definition) is 3. The van der Waals surface area contributed by atoms with Crippen molar-refractivity contribution in [2.45, 2.75) is 10.9 Å². The Balaban J connectivity index is 0.00000288. The first kappa shape index (κ1) is 21.4. The van der Waals surface area contributed by atoms with Gasteiger partial charge < -0.3 is 4.90 Å². The third-order valence-corrected chi connectivity index (χ3v) is 5.86. The summed E-state index contributed by atoms with van der Waals surface area (Å²) in [6, 6.07) is 14.4. The van der Waals surface area contributed by atoms with Gasteiger partial charge in [-0.2, -0.15) is 0 Å². The van der Waals surface area contributed by atoms with E-state index < -0.39 is 10.0 Å².